The molecule has 0 spiro atoms. The minimum Gasteiger partial charge on any atom is -0.490 e. The number of nitrogens with zero attached hydrogens (tertiary/aromatic N) is 1. The number of fused-ring (bicyclic) bond motifs is 1. The van der Waals surface area contributed by atoms with Crippen LogP contribution in [0.1, 0.15) is 29.3 Å². The SMILES string of the molecule is CCCc1cc(=O)oc2cc(OC(=O)c3ccc(OC)c([N+](=O)[O-])c3)ccc12. The number of carbonyl (C=O) groups excluding carboxylic acids is 1. The van der Waals surface area contributed by atoms with Gasteiger partial charge in [-0.25, -0.2) is 9.59 Å². The average molecular weight is 383 g/mol. The molecule has 0 N–H and O–H groups in total. The van der Waals surface area contributed by atoms with E-state index >= 15 is 0 Å². The number of rotatable bonds is 6. The smallest absolute Gasteiger partial charge is 0.343 e. The van der Waals surface area contributed by atoms with Crippen molar-refractivity contribution in [3.8, 4) is 11.5 Å². The molecule has 0 aliphatic rings. The van der Waals surface area contributed by atoms with Crippen LogP contribution in [0.15, 0.2) is 51.7 Å². The van der Waals surface area contributed by atoms with Crippen LogP contribution >= 0.6 is 0 Å². The maximum Gasteiger partial charge on any atom is 0.343 e. The molecule has 0 aliphatic carbocycles. The molecule has 0 aliphatic heterocycles. The number of esters is 1. The molecule has 0 atom stereocenters. The molecule has 2 aromatic carbocycles. The summed E-state index contributed by atoms with van der Waals surface area (Å²) in [5.41, 5.74) is 0.337. The van der Waals surface area contributed by atoms with Gasteiger partial charge in [0, 0.05) is 23.6 Å². The Morgan fingerprint density at radius 2 is 1.96 bits per heavy atom. The van der Waals surface area contributed by atoms with E-state index in [-0.39, 0.29) is 22.7 Å². The molecule has 1 heterocycles. The second kappa shape index (κ2) is 7.91. The number of carbonyl (C=O) groups is 1. The van der Waals surface area contributed by atoms with Gasteiger partial charge in [-0.3, -0.25) is 10.1 Å². The summed E-state index contributed by atoms with van der Waals surface area (Å²) in [7, 11) is 1.30. The second-order valence-corrected chi connectivity index (χ2v) is 6.03. The van der Waals surface area contributed by atoms with Gasteiger partial charge >= 0.3 is 17.3 Å². The van der Waals surface area contributed by atoms with Crippen LogP contribution in [0.4, 0.5) is 5.69 Å². The number of aryl methyl sites for hydroxylation is 1. The fourth-order valence-corrected chi connectivity index (χ4v) is 2.88. The van der Waals surface area contributed by atoms with E-state index in [1.54, 1.807) is 12.1 Å². The average Bonchev–Trinajstić information content (AvgIpc) is 2.67. The summed E-state index contributed by atoms with van der Waals surface area (Å²) >= 11 is 0. The molecule has 3 aromatic rings. The molecule has 0 bridgehead atoms. The summed E-state index contributed by atoms with van der Waals surface area (Å²) in [6, 6.07) is 9.97. The highest BCUT2D eigenvalue weighted by molar-refractivity contribution is 5.93. The standard InChI is InChI=1S/C20H17NO7/c1-3-4-12-10-19(22)28-18-11-14(6-7-15(12)18)27-20(23)13-5-8-17(26-2)16(9-13)21(24)25/h5-11H,3-4H2,1-2H3. The number of methoxy groups -OCH3 is 1. The van der Waals surface area contributed by atoms with Gasteiger partial charge in [-0.2, -0.15) is 0 Å². The van der Waals surface area contributed by atoms with Gasteiger partial charge in [-0.1, -0.05) is 13.3 Å². The van der Waals surface area contributed by atoms with Crippen molar-refractivity contribution in [3.63, 3.8) is 0 Å². The molecule has 0 unspecified atom stereocenters. The van der Waals surface area contributed by atoms with Crippen molar-refractivity contribution < 1.29 is 23.6 Å². The summed E-state index contributed by atoms with van der Waals surface area (Å²) in [4.78, 5) is 34.6. The molecule has 0 amide bonds. The Bertz CT molecular complexity index is 1120. The van der Waals surface area contributed by atoms with Crippen LogP contribution in [0.5, 0.6) is 11.5 Å². The van der Waals surface area contributed by atoms with E-state index < -0.39 is 16.5 Å². The van der Waals surface area contributed by atoms with E-state index in [1.165, 1.54) is 31.4 Å². The minimum atomic E-state index is -0.780. The first-order valence-corrected chi connectivity index (χ1v) is 8.54. The first-order valence-electron chi connectivity index (χ1n) is 8.54. The molecule has 0 radical (unpaired) electrons. The van der Waals surface area contributed by atoms with E-state index in [2.05, 4.69) is 0 Å². The molecule has 0 saturated heterocycles. The van der Waals surface area contributed by atoms with Gasteiger partial charge in [-0.15, -0.1) is 0 Å². The van der Waals surface area contributed by atoms with Crippen LogP contribution in [0.25, 0.3) is 11.0 Å². The fourth-order valence-electron chi connectivity index (χ4n) is 2.88. The van der Waals surface area contributed by atoms with Crippen LogP contribution < -0.4 is 15.1 Å². The summed E-state index contributed by atoms with van der Waals surface area (Å²) in [6.45, 7) is 2.00. The van der Waals surface area contributed by atoms with Gasteiger partial charge in [0.1, 0.15) is 11.3 Å². The summed E-state index contributed by atoms with van der Waals surface area (Å²) in [5.74, 6) is -0.581. The highest BCUT2D eigenvalue weighted by Crippen LogP contribution is 2.29. The van der Waals surface area contributed by atoms with Crippen molar-refractivity contribution >= 4 is 22.6 Å². The van der Waals surface area contributed by atoms with E-state index in [4.69, 9.17) is 13.9 Å². The third-order valence-electron chi connectivity index (χ3n) is 4.14. The Labute approximate surface area is 159 Å². The van der Waals surface area contributed by atoms with Crippen LogP contribution in [0, 0.1) is 10.1 Å². The molecule has 8 heteroatoms. The first kappa shape index (κ1) is 19.1. The van der Waals surface area contributed by atoms with E-state index in [1.807, 2.05) is 6.92 Å². The predicted octanol–water partition coefficient (Wildman–Crippen LogP) is 3.88. The van der Waals surface area contributed by atoms with Gasteiger partial charge in [0.25, 0.3) is 0 Å². The molecule has 8 nitrogen and oxygen atoms in total. The molecular weight excluding hydrogens is 366 g/mol. The molecule has 0 saturated carbocycles. The van der Waals surface area contributed by atoms with Gasteiger partial charge in [-0.05, 0) is 36.2 Å². The molecule has 28 heavy (non-hydrogen) atoms. The topological polar surface area (TPSA) is 109 Å². The monoisotopic (exact) mass is 383 g/mol. The van der Waals surface area contributed by atoms with E-state index in [9.17, 15) is 19.7 Å². The van der Waals surface area contributed by atoms with Gasteiger partial charge < -0.3 is 13.9 Å². The van der Waals surface area contributed by atoms with Crippen LogP contribution in [0.2, 0.25) is 0 Å². The van der Waals surface area contributed by atoms with Crippen molar-refractivity contribution in [2.75, 3.05) is 7.11 Å². The number of ether oxygens (including phenoxy) is 2. The van der Waals surface area contributed by atoms with E-state index in [0.29, 0.717) is 5.58 Å². The van der Waals surface area contributed by atoms with Gasteiger partial charge in [0.05, 0.1) is 17.6 Å². The number of benzene rings is 2. The first-order chi connectivity index (χ1) is 13.4. The van der Waals surface area contributed by atoms with Crippen molar-refractivity contribution in [1.82, 2.24) is 0 Å². The van der Waals surface area contributed by atoms with Gasteiger partial charge in [0.15, 0.2) is 5.75 Å². The van der Waals surface area contributed by atoms with Crippen molar-refractivity contribution in [3.05, 3.63) is 74.1 Å². The van der Waals surface area contributed by atoms with Crippen LogP contribution in [0.3, 0.4) is 0 Å². The van der Waals surface area contributed by atoms with E-state index in [0.717, 1.165) is 29.9 Å². The maximum atomic E-state index is 12.4. The molecule has 1 aromatic heterocycles. The number of hydrogen-bond acceptors (Lipinski definition) is 7. The number of nitro benzene ring substituents is 1. The Kier molecular flexibility index (Phi) is 5.39. The zero-order valence-electron chi connectivity index (χ0n) is 15.3. The van der Waals surface area contributed by atoms with Crippen LogP contribution in [-0.2, 0) is 6.42 Å². The number of nitro groups is 1. The van der Waals surface area contributed by atoms with Gasteiger partial charge in [0.2, 0.25) is 0 Å². The largest absolute Gasteiger partial charge is 0.490 e. The molecule has 144 valence electrons. The Balaban J connectivity index is 1.92. The molecule has 3 rings (SSSR count). The lowest BCUT2D eigenvalue weighted by Crippen LogP contribution is -2.09. The minimum absolute atomic E-state index is 0.00576. The maximum absolute atomic E-state index is 12.4. The Morgan fingerprint density at radius 1 is 1.18 bits per heavy atom. The lowest BCUT2D eigenvalue weighted by atomic mass is 10.1. The third kappa shape index (κ3) is 3.85. The lowest BCUT2D eigenvalue weighted by Gasteiger charge is -2.08. The fraction of sp³-hybridized carbons (Fsp3) is 0.200. The zero-order chi connectivity index (χ0) is 20.3. The normalized spacial score (nSPS) is 10.6. The van der Waals surface area contributed by atoms with Crippen molar-refractivity contribution in [2.24, 2.45) is 0 Å². The lowest BCUT2D eigenvalue weighted by molar-refractivity contribution is -0.385. The summed E-state index contributed by atoms with van der Waals surface area (Å²) in [6.07, 6.45) is 1.59. The summed E-state index contributed by atoms with van der Waals surface area (Å²) in [5, 5.41) is 11.9. The Hall–Kier alpha value is -3.68. The van der Waals surface area contributed by atoms with Crippen molar-refractivity contribution in [1.29, 1.82) is 0 Å². The highest BCUT2D eigenvalue weighted by Gasteiger charge is 2.19. The van der Waals surface area contributed by atoms with Crippen molar-refractivity contribution in [2.45, 2.75) is 19.8 Å². The van der Waals surface area contributed by atoms with Crippen LogP contribution in [-0.4, -0.2) is 18.0 Å². The highest BCUT2D eigenvalue weighted by atomic mass is 16.6. The Morgan fingerprint density at radius 3 is 2.64 bits per heavy atom. The quantitative estimate of drug-likeness (QED) is 0.209. The molecular formula is C20H17NO7. The second-order valence-electron chi connectivity index (χ2n) is 6.03. The summed E-state index contributed by atoms with van der Waals surface area (Å²) < 4.78 is 15.4. The predicted molar refractivity (Wildman–Crippen MR) is 101 cm³/mol. The third-order valence-corrected chi connectivity index (χ3v) is 4.14. The molecule has 0 fully saturated rings. The number of hydrogen-bond donors (Lipinski definition) is 0. The zero-order valence-corrected chi connectivity index (χ0v) is 15.3.